The van der Waals surface area contributed by atoms with Crippen molar-refractivity contribution in [3.05, 3.63) is 59.7 Å². The first-order valence-electron chi connectivity index (χ1n) is 7.28. The summed E-state index contributed by atoms with van der Waals surface area (Å²) in [6, 6.07) is 12.3. The van der Waals surface area contributed by atoms with Crippen LogP contribution in [0.15, 0.2) is 53.5 Å². The first-order chi connectivity index (χ1) is 10.9. The van der Waals surface area contributed by atoms with Crippen LogP contribution >= 0.6 is 0 Å². The maximum Gasteiger partial charge on any atom is 0.418 e. The van der Waals surface area contributed by atoms with Crippen molar-refractivity contribution in [1.29, 1.82) is 0 Å². The van der Waals surface area contributed by atoms with Crippen LogP contribution in [-0.2, 0) is 6.18 Å². The third-order valence-corrected chi connectivity index (χ3v) is 3.01. The molecular formula is C18H20F3NO. The lowest BCUT2D eigenvalue weighted by molar-refractivity contribution is -0.137. The largest absolute Gasteiger partial charge is 0.497 e. The third-order valence-electron chi connectivity index (χ3n) is 3.01. The maximum atomic E-state index is 12.9. The highest BCUT2D eigenvalue weighted by Gasteiger charge is 2.33. The smallest absolute Gasteiger partial charge is 0.418 e. The van der Waals surface area contributed by atoms with Crippen LogP contribution in [0.2, 0.25) is 0 Å². The molecule has 0 fully saturated rings. The Bertz CT molecular complexity index is 646. The van der Waals surface area contributed by atoms with Gasteiger partial charge in [0.2, 0.25) is 0 Å². The second-order valence-electron chi connectivity index (χ2n) is 4.44. The summed E-state index contributed by atoms with van der Waals surface area (Å²) in [6.07, 6.45) is -4.42. The molecule has 2 rings (SSSR count). The molecule has 0 spiro atoms. The minimum atomic E-state index is -4.42. The van der Waals surface area contributed by atoms with E-state index in [-0.39, 0.29) is 5.69 Å². The molecule has 0 amide bonds. The number of ether oxygens (including phenoxy) is 1. The van der Waals surface area contributed by atoms with Crippen molar-refractivity contribution in [3.8, 4) is 5.75 Å². The van der Waals surface area contributed by atoms with Gasteiger partial charge < -0.3 is 4.74 Å². The molecule has 2 aromatic rings. The molecule has 0 aliphatic heterocycles. The molecule has 0 radical (unpaired) electrons. The fourth-order valence-corrected chi connectivity index (χ4v) is 1.89. The van der Waals surface area contributed by atoms with Crippen LogP contribution in [0.5, 0.6) is 5.75 Å². The van der Waals surface area contributed by atoms with E-state index in [1.807, 2.05) is 13.8 Å². The van der Waals surface area contributed by atoms with E-state index >= 15 is 0 Å². The van der Waals surface area contributed by atoms with Crippen LogP contribution in [0.1, 0.15) is 31.9 Å². The summed E-state index contributed by atoms with van der Waals surface area (Å²) < 4.78 is 43.8. The second-order valence-corrected chi connectivity index (χ2v) is 4.44. The summed E-state index contributed by atoms with van der Waals surface area (Å²) in [6.45, 7) is 5.68. The topological polar surface area (TPSA) is 21.6 Å². The average Bonchev–Trinajstić information content (AvgIpc) is 2.56. The molecule has 0 atom stereocenters. The van der Waals surface area contributed by atoms with Gasteiger partial charge in [-0.2, -0.15) is 13.2 Å². The number of benzene rings is 2. The zero-order valence-electron chi connectivity index (χ0n) is 13.6. The van der Waals surface area contributed by atoms with Crippen molar-refractivity contribution in [2.75, 3.05) is 7.11 Å². The molecule has 5 heteroatoms. The summed E-state index contributed by atoms with van der Waals surface area (Å²) in [4.78, 5) is 4.11. The molecule has 0 unspecified atom stereocenters. The minimum absolute atomic E-state index is 0.0849. The quantitative estimate of drug-likeness (QED) is 0.646. The standard InChI is InChI=1S/C16H14F3NO.C2H6/c1-11(12-7-9-13(21-2)10-8-12)20-15-6-4-3-5-14(15)16(17,18)19;1-2/h3-10H,1-2H3;1-2H3. The van der Waals surface area contributed by atoms with Gasteiger partial charge in [0, 0.05) is 5.71 Å². The first-order valence-corrected chi connectivity index (χ1v) is 7.28. The Hall–Kier alpha value is -2.30. The minimum Gasteiger partial charge on any atom is -0.497 e. The zero-order valence-corrected chi connectivity index (χ0v) is 13.6. The number of para-hydroxylation sites is 1. The van der Waals surface area contributed by atoms with Crippen LogP contribution in [-0.4, -0.2) is 12.8 Å². The van der Waals surface area contributed by atoms with E-state index < -0.39 is 11.7 Å². The number of hydrogen-bond donors (Lipinski definition) is 0. The van der Waals surface area contributed by atoms with Crippen molar-refractivity contribution < 1.29 is 17.9 Å². The van der Waals surface area contributed by atoms with E-state index in [4.69, 9.17) is 4.74 Å². The van der Waals surface area contributed by atoms with E-state index in [2.05, 4.69) is 4.99 Å². The molecule has 0 aliphatic rings. The van der Waals surface area contributed by atoms with E-state index in [9.17, 15) is 13.2 Å². The lowest BCUT2D eigenvalue weighted by atomic mass is 10.1. The number of aliphatic imine (C=N–C) groups is 1. The molecular weight excluding hydrogens is 303 g/mol. The number of methoxy groups -OCH3 is 1. The summed E-state index contributed by atoms with van der Waals surface area (Å²) >= 11 is 0. The molecule has 0 bridgehead atoms. The van der Waals surface area contributed by atoms with Crippen LogP contribution in [0, 0.1) is 0 Å². The van der Waals surface area contributed by atoms with Gasteiger partial charge in [-0.1, -0.05) is 26.0 Å². The fourth-order valence-electron chi connectivity index (χ4n) is 1.89. The Balaban J connectivity index is 0.00000127. The van der Waals surface area contributed by atoms with Crippen LogP contribution in [0.25, 0.3) is 0 Å². The highest BCUT2D eigenvalue weighted by Crippen LogP contribution is 2.36. The number of rotatable bonds is 3. The molecule has 0 saturated heterocycles. The van der Waals surface area contributed by atoms with E-state index in [0.717, 1.165) is 11.6 Å². The van der Waals surface area contributed by atoms with E-state index in [1.165, 1.54) is 18.2 Å². The van der Waals surface area contributed by atoms with Crippen LogP contribution < -0.4 is 4.74 Å². The second kappa shape index (κ2) is 8.36. The summed E-state index contributed by atoms with van der Waals surface area (Å²) in [5.74, 6) is 0.683. The highest BCUT2D eigenvalue weighted by molar-refractivity contribution is 6.00. The average molecular weight is 323 g/mol. The molecule has 0 saturated carbocycles. The van der Waals surface area contributed by atoms with Gasteiger partial charge in [-0.25, -0.2) is 0 Å². The Morgan fingerprint density at radius 3 is 2.04 bits per heavy atom. The van der Waals surface area contributed by atoms with Gasteiger partial charge in [0.1, 0.15) is 5.75 Å². The molecule has 2 nitrogen and oxygen atoms in total. The number of halogens is 3. The lowest BCUT2D eigenvalue weighted by Crippen LogP contribution is -2.05. The van der Waals surface area contributed by atoms with Gasteiger partial charge in [0.05, 0.1) is 18.4 Å². The number of alkyl halides is 3. The Kier molecular flexibility index (Phi) is 6.82. The van der Waals surface area contributed by atoms with Crippen molar-refractivity contribution in [2.24, 2.45) is 4.99 Å². The van der Waals surface area contributed by atoms with Crippen LogP contribution in [0.4, 0.5) is 18.9 Å². The number of hydrogen-bond acceptors (Lipinski definition) is 2. The lowest BCUT2D eigenvalue weighted by Gasteiger charge is -2.10. The molecule has 2 aromatic carbocycles. The van der Waals surface area contributed by atoms with Gasteiger partial charge in [0.25, 0.3) is 0 Å². The van der Waals surface area contributed by atoms with Crippen LogP contribution in [0.3, 0.4) is 0 Å². The van der Waals surface area contributed by atoms with Crippen molar-refractivity contribution in [1.82, 2.24) is 0 Å². The zero-order chi connectivity index (χ0) is 17.5. The first kappa shape index (κ1) is 18.7. The van der Waals surface area contributed by atoms with Gasteiger partial charge in [-0.3, -0.25) is 4.99 Å². The predicted molar refractivity (Wildman–Crippen MR) is 87.7 cm³/mol. The van der Waals surface area contributed by atoms with Crippen molar-refractivity contribution >= 4 is 11.4 Å². The molecule has 0 aromatic heterocycles. The Morgan fingerprint density at radius 1 is 0.957 bits per heavy atom. The van der Waals surface area contributed by atoms with Crippen molar-refractivity contribution in [3.63, 3.8) is 0 Å². The molecule has 0 heterocycles. The Morgan fingerprint density at radius 2 is 1.52 bits per heavy atom. The van der Waals surface area contributed by atoms with Gasteiger partial charge in [-0.05, 0) is 48.9 Å². The third kappa shape index (κ3) is 5.13. The fraction of sp³-hybridized carbons (Fsp3) is 0.278. The van der Waals surface area contributed by atoms with Gasteiger partial charge in [0.15, 0.2) is 0 Å². The normalized spacial score (nSPS) is 11.5. The molecule has 0 N–H and O–H groups in total. The van der Waals surface area contributed by atoms with E-state index in [1.54, 1.807) is 38.3 Å². The molecule has 124 valence electrons. The van der Waals surface area contributed by atoms with Gasteiger partial charge in [-0.15, -0.1) is 0 Å². The van der Waals surface area contributed by atoms with Gasteiger partial charge >= 0.3 is 6.18 Å². The SMILES string of the molecule is CC.COc1ccc(C(C)=Nc2ccccc2C(F)(F)F)cc1. The summed E-state index contributed by atoms with van der Waals surface area (Å²) in [7, 11) is 1.55. The van der Waals surface area contributed by atoms with Crippen molar-refractivity contribution in [2.45, 2.75) is 26.9 Å². The predicted octanol–water partition coefficient (Wildman–Crippen LogP) is 5.88. The maximum absolute atomic E-state index is 12.9. The number of nitrogens with zero attached hydrogens (tertiary/aromatic N) is 1. The van der Waals surface area contributed by atoms with E-state index in [0.29, 0.717) is 11.5 Å². The summed E-state index contributed by atoms with van der Waals surface area (Å²) in [5, 5.41) is 0. The monoisotopic (exact) mass is 323 g/mol. The Labute approximate surface area is 134 Å². The molecule has 0 aliphatic carbocycles. The highest BCUT2D eigenvalue weighted by atomic mass is 19.4. The summed E-state index contributed by atoms with van der Waals surface area (Å²) in [5.41, 5.74) is 0.429. The molecule has 23 heavy (non-hydrogen) atoms.